The maximum atomic E-state index is 5.65. The number of aromatic nitrogens is 1. The lowest BCUT2D eigenvalue weighted by molar-refractivity contribution is 0.222. The summed E-state index contributed by atoms with van der Waals surface area (Å²) in [6.07, 6.45) is 4.92. The van der Waals surface area contributed by atoms with Crippen molar-refractivity contribution < 1.29 is 4.74 Å². The number of hydrogen-bond donors (Lipinski definition) is 1. The molecule has 0 amide bonds. The zero-order valence-corrected chi connectivity index (χ0v) is 8.09. The van der Waals surface area contributed by atoms with Gasteiger partial charge in [0.25, 0.3) is 0 Å². The molecule has 13 heavy (non-hydrogen) atoms. The number of pyridine rings is 1. The van der Waals surface area contributed by atoms with E-state index in [1.807, 2.05) is 12.1 Å². The summed E-state index contributed by atoms with van der Waals surface area (Å²) >= 11 is 0. The Hall–Kier alpha value is -0.800. The van der Waals surface area contributed by atoms with E-state index in [4.69, 9.17) is 4.74 Å². The van der Waals surface area contributed by atoms with E-state index in [1.165, 1.54) is 0 Å². The van der Waals surface area contributed by atoms with Crippen molar-refractivity contribution in [1.82, 2.24) is 10.3 Å². The maximum Gasteiger partial charge on any atom is 0.138 e. The van der Waals surface area contributed by atoms with Crippen LogP contribution in [0.5, 0.6) is 5.75 Å². The third kappa shape index (κ3) is 2.86. The van der Waals surface area contributed by atoms with Crippen LogP contribution in [0.1, 0.15) is 6.42 Å². The molecule has 0 aromatic carbocycles. The molecule has 1 aromatic rings. The molecule has 3 nitrogen and oxygen atoms in total. The minimum atomic E-state index is 0. The maximum absolute atomic E-state index is 5.65. The van der Waals surface area contributed by atoms with Crippen LogP contribution in [0.3, 0.4) is 0 Å². The lowest BCUT2D eigenvalue weighted by Gasteiger charge is -2.10. The van der Waals surface area contributed by atoms with Gasteiger partial charge in [-0.25, -0.2) is 0 Å². The molecule has 1 saturated heterocycles. The van der Waals surface area contributed by atoms with Crippen LogP contribution in [-0.2, 0) is 0 Å². The molecule has 4 heteroatoms. The second-order valence-corrected chi connectivity index (χ2v) is 2.92. The number of rotatable bonds is 2. The van der Waals surface area contributed by atoms with E-state index < -0.39 is 0 Å². The second-order valence-electron chi connectivity index (χ2n) is 2.92. The van der Waals surface area contributed by atoms with Crippen molar-refractivity contribution in [2.24, 2.45) is 0 Å². The Balaban J connectivity index is 0.000000845. The lowest BCUT2D eigenvalue weighted by Crippen LogP contribution is -2.19. The molecule has 1 aromatic heterocycles. The molecule has 72 valence electrons. The average Bonchev–Trinajstić information content (AvgIpc) is 2.59. The highest BCUT2D eigenvalue weighted by Crippen LogP contribution is 2.12. The van der Waals surface area contributed by atoms with Gasteiger partial charge in [-0.15, -0.1) is 12.4 Å². The standard InChI is InChI=1S/C9H12N2O.ClH/c1-2-8(6-10-4-1)12-9-3-5-11-7-9;/h1-2,4,6,9,11H,3,5,7H2;1H/t9-;/m1./s1. The molecule has 0 saturated carbocycles. The molecule has 1 N–H and O–H groups in total. The van der Waals surface area contributed by atoms with Crippen molar-refractivity contribution in [1.29, 1.82) is 0 Å². The fourth-order valence-corrected chi connectivity index (χ4v) is 1.34. The Morgan fingerprint density at radius 3 is 3.08 bits per heavy atom. The van der Waals surface area contributed by atoms with Crippen LogP contribution in [0, 0.1) is 0 Å². The fourth-order valence-electron chi connectivity index (χ4n) is 1.34. The predicted molar refractivity (Wildman–Crippen MR) is 53.4 cm³/mol. The van der Waals surface area contributed by atoms with Gasteiger partial charge in [-0.05, 0) is 25.1 Å². The van der Waals surface area contributed by atoms with Crippen molar-refractivity contribution in [2.75, 3.05) is 13.1 Å². The van der Waals surface area contributed by atoms with Crippen molar-refractivity contribution >= 4 is 12.4 Å². The Morgan fingerprint density at radius 2 is 2.46 bits per heavy atom. The summed E-state index contributed by atoms with van der Waals surface area (Å²) in [6.45, 7) is 2.01. The minimum absolute atomic E-state index is 0. The summed E-state index contributed by atoms with van der Waals surface area (Å²) in [5, 5.41) is 3.25. The van der Waals surface area contributed by atoms with E-state index in [9.17, 15) is 0 Å². The van der Waals surface area contributed by atoms with Gasteiger partial charge in [0.15, 0.2) is 0 Å². The number of nitrogens with zero attached hydrogens (tertiary/aromatic N) is 1. The van der Waals surface area contributed by atoms with Gasteiger partial charge >= 0.3 is 0 Å². The Morgan fingerprint density at radius 1 is 1.54 bits per heavy atom. The first-order valence-electron chi connectivity index (χ1n) is 4.22. The van der Waals surface area contributed by atoms with Crippen LogP contribution in [0.15, 0.2) is 24.5 Å². The van der Waals surface area contributed by atoms with E-state index in [2.05, 4.69) is 10.3 Å². The molecule has 0 spiro atoms. The number of ether oxygens (including phenoxy) is 1. The van der Waals surface area contributed by atoms with Crippen LogP contribution < -0.4 is 10.1 Å². The van der Waals surface area contributed by atoms with Gasteiger partial charge in [0.2, 0.25) is 0 Å². The van der Waals surface area contributed by atoms with Crippen LogP contribution in [0.25, 0.3) is 0 Å². The minimum Gasteiger partial charge on any atom is -0.487 e. The van der Waals surface area contributed by atoms with Gasteiger partial charge in [-0.3, -0.25) is 4.98 Å². The molecule has 1 aliphatic rings. The second kappa shape index (κ2) is 5.04. The number of hydrogen-bond acceptors (Lipinski definition) is 3. The highest BCUT2D eigenvalue weighted by molar-refractivity contribution is 5.85. The molecule has 1 fully saturated rings. The highest BCUT2D eigenvalue weighted by Gasteiger charge is 2.15. The molecule has 2 rings (SSSR count). The van der Waals surface area contributed by atoms with Gasteiger partial charge in [0.05, 0.1) is 6.20 Å². The highest BCUT2D eigenvalue weighted by atomic mass is 35.5. The van der Waals surface area contributed by atoms with Crippen LogP contribution in [0.4, 0.5) is 0 Å². The largest absolute Gasteiger partial charge is 0.487 e. The fraction of sp³-hybridized carbons (Fsp3) is 0.444. The van der Waals surface area contributed by atoms with Gasteiger partial charge in [0.1, 0.15) is 11.9 Å². The molecule has 0 unspecified atom stereocenters. The van der Waals surface area contributed by atoms with Gasteiger partial charge in [-0.2, -0.15) is 0 Å². The number of halogens is 1. The van der Waals surface area contributed by atoms with Crippen molar-refractivity contribution in [2.45, 2.75) is 12.5 Å². The van der Waals surface area contributed by atoms with Crippen molar-refractivity contribution in [3.63, 3.8) is 0 Å². The first-order valence-corrected chi connectivity index (χ1v) is 4.22. The summed E-state index contributed by atoms with van der Waals surface area (Å²) < 4.78 is 5.65. The molecule has 1 aliphatic heterocycles. The Bertz CT molecular complexity index is 237. The molecule has 2 heterocycles. The lowest BCUT2D eigenvalue weighted by atomic mass is 10.3. The van der Waals surface area contributed by atoms with E-state index >= 15 is 0 Å². The molecule has 1 atom stereocenters. The summed E-state index contributed by atoms with van der Waals surface area (Å²) in [5.74, 6) is 0.867. The summed E-state index contributed by atoms with van der Waals surface area (Å²) in [4.78, 5) is 3.98. The van der Waals surface area contributed by atoms with Gasteiger partial charge < -0.3 is 10.1 Å². The Labute approximate surface area is 83.9 Å². The first-order chi connectivity index (χ1) is 5.95. The summed E-state index contributed by atoms with van der Waals surface area (Å²) in [7, 11) is 0. The zero-order valence-electron chi connectivity index (χ0n) is 7.27. The van der Waals surface area contributed by atoms with E-state index in [-0.39, 0.29) is 12.4 Å². The molecule has 0 aliphatic carbocycles. The molecule has 0 radical (unpaired) electrons. The van der Waals surface area contributed by atoms with Crippen molar-refractivity contribution in [3.8, 4) is 5.75 Å². The van der Waals surface area contributed by atoms with Crippen LogP contribution >= 0.6 is 12.4 Å². The summed E-state index contributed by atoms with van der Waals surface area (Å²) in [6, 6.07) is 3.82. The third-order valence-electron chi connectivity index (χ3n) is 1.95. The first kappa shape index (κ1) is 10.3. The molecular weight excluding hydrogens is 188 g/mol. The van der Waals surface area contributed by atoms with Gasteiger partial charge in [0, 0.05) is 12.7 Å². The van der Waals surface area contributed by atoms with Crippen molar-refractivity contribution in [3.05, 3.63) is 24.5 Å². The monoisotopic (exact) mass is 200 g/mol. The van der Waals surface area contributed by atoms with E-state index in [1.54, 1.807) is 12.4 Å². The number of nitrogens with one attached hydrogen (secondary N) is 1. The zero-order chi connectivity index (χ0) is 8.23. The summed E-state index contributed by atoms with van der Waals surface area (Å²) in [5.41, 5.74) is 0. The average molecular weight is 201 g/mol. The normalized spacial score (nSPS) is 20.8. The Kier molecular flexibility index (Phi) is 3.99. The smallest absolute Gasteiger partial charge is 0.138 e. The van der Waals surface area contributed by atoms with Gasteiger partial charge in [-0.1, -0.05) is 0 Å². The SMILES string of the molecule is Cl.c1cncc(O[C@@H]2CCNC2)c1. The van der Waals surface area contributed by atoms with Crippen LogP contribution in [0.2, 0.25) is 0 Å². The molecule has 0 bridgehead atoms. The quantitative estimate of drug-likeness (QED) is 0.780. The third-order valence-corrected chi connectivity index (χ3v) is 1.95. The van der Waals surface area contributed by atoms with E-state index in [0.29, 0.717) is 6.10 Å². The van der Waals surface area contributed by atoms with Crippen LogP contribution in [-0.4, -0.2) is 24.2 Å². The topological polar surface area (TPSA) is 34.1 Å². The predicted octanol–water partition coefficient (Wildman–Crippen LogP) is 1.24. The van der Waals surface area contributed by atoms with E-state index in [0.717, 1.165) is 25.3 Å². The molecular formula is C9H13ClN2O.